The average molecular weight is 553 g/mol. The molecule has 6 aliphatic heterocycles. The third kappa shape index (κ3) is 3.90. The highest BCUT2D eigenvalue weighted by Crippen LogP contribution is 2.47. The van der Waals surface area contributed by atoms with E-state index in [4.69, 9.17) is 20.0 Å². The van der Waals surface area contributed by atoms with Crippen LogP contribution in [0.2, 0.25) is 0 Å². The van der Waals surface area contributed by atoms with Crippen LogP contribution in [0.5, 0.6) is 0 Å². The van der Waals surface area contributed by atoms with Crippen LogP contribution in [-0.2, 0) is 0 Å². The summed E-state index contributed by atoms with van der Waals surface area (Å²) in [4.78, 5) is 19.5. The Morgan fingerprint density at radius 1 is 0.611 bits per heavy atom. The van der Waals surface area contributed by atoms with Crippen LogP contribution >= 0.6 is 47.0 Å². The van der Waals surface area contributed by atoms with Crippen molar-refractivity contribution in [3.8, 4) is 0 Å². The van der Waals surface area contributed by atoms with Crippen LogP contribution in [0.15, 0.2) is 44.3 Å². The Labute approximate surface area is 228 Å². The van der Waals surface area contributed by atoms with Crippen molar-refractivity contribution in [3.05, 3.63) is 35.4 Å². The molecule has 7 rings (SSSR count). The fourth-order valence-electron chi connectivity index (χ4n) is 5.50. The summed E-state index contributed by atoms with van der Waals surface area (Å²) in [5.74, 6) is 4.20. The molecule has 2 N–H and O–H groups in total. The van der Waals surface area contributed by atoms with Crippen molar-refractivity contribution in [1.29, 1.82) is 0 Å². The number of hydrogen-bond acceptors (Lipinski definition) is 10. The summed E-state index contributed by atoms with van der Waals surface area (Å²) < 4.78 is 0. The van der Waals surface area contributed by atoms with E-state index in [1.807, 2.05) is 47.0 Å². The van der Waals surface area contributed by atoms with Gasteiger partial charge in [0.25, 0.3) is 0 Å². The van der Waals surface area contributed by atoms with Gasteiger partial charge in [0.2, 0.25) is 0 Å². The van der Waals surface area contributed by atoms with Crippen molar-refractivity contribution in [2.24, 2.45) is 20.0 Å². The van der Waals surface area contributed by atoms with Gasteiger partial charge in [0.05, 0.1) is 20.2 Å². The van der Waals surface area contributed by atoms with E-state index in [0.717, 1.165) is 70.7 Å². The molecule has 6 aliphatic rings. The molecule has 0 bridgehead atoms. The first-order chi connectivity index (χ1) is 17.5. The van der Waals surface area contributed by atoms with Crippen LogP contribution in [0.1, 0.15) is 25.0 Å². The monoisotopic (exact) mass is 552 g/mol. The zero-order valence-electron chi connectivity index (χ0n) is 20.4. The Hall–Kier alpha value is -1.62. The third-order valence-electron chi connectivity index (χ3n) is 7.08. The highest BCUT2D eigenvalue weighted by molar-refractivity contribution is 8.16. The van der Waals surface area contributed by atoms with Gasteiger partial charge in [-0.05, 0) is 38.1 Å². The predicted octanol–water partition coefficient (Wildman–Crippen LogP) is 5.40. The Kier molecular flexibility index (Phi) is 5.87. The number of aliphatic imine (C=N–C) groups is 4. The molecule has 6 nitrogen and oxygen atoms in total. The van der Waals surface area contributed by atoms with Gasteiger partial charge in [-0.2, -0.15) is 0 Å². The molecule has 1 aromatic rings. The second kappa shape index (κ2) is 8.99. The summed E-state index contributed by atoms with van der Waals surface area (Å²) in [5.41, 5.74) is 6.50. The van der Waals surface area contributed by atoms with Gasteiger partial charge in [-0.3, -0.25) is 20.0 Å². The standard InChI is InChI=1S/C26H28N6S4/c1-25(23-29-5-9-35-23)13-17(21-27-3-7-33-21)15-12-20-16(11-19(15)31-25)18(22-28-4-8-34-22)14-26(2,32-20)24-30-6-10-36-24/h11-14,31-32H,3-10H2,1-2H3. The number of anilines is 2. The van der Waals surface area contributed by atoms with Crippen LogP contribution in [0, 0.1) is 0 Å². The summed E-state index contributed by atoms with van der Waals surface area (Å²) in [6, 6.07) is 4.67. The van der Waals surface area contributed by atoms with Crippen LogP contribution in [-0.4, -0.2) is 80.4 Å². The van der Waals surface area contributed by atoms with Crippen LogP contribution in [0.25, 0.3) is 11.1 Å². The summed E-state index contributed by atoms with van der Waals surface area (Å²) in [6.07, 6.45) is 4.73. The van der Waals surface area contributed by atoms with E-state index in [1.54, 1.807) is 0 Å². The summed E-state index contributed by atoms with van der Waals surface area (Å²) in [7, 11) is 0. The maximum absolute atomic E-state index is 4.89. The maximum Gasteiger partial charge on any atom is 0.102 e. The zero-order valence-corrected chi connectivity index (χ0v) is 23.7. The molecular formula is C26H28N6S4. The molecule has 2 atom stereocenters. The second-order valence-electron chi connectivity index (χ2n) is 9.86. The van der Waals surface area contributed by atoms with Crippen molar-refractivity contribution < 1.29 is 0 Å². The van der Waals surface area contributed by atoms with E-state index in [1.165, 1.54) is 32.4 Å². The molecule has 0 saturated heterocycles. The first kappa shape index (κ1) is 23.5. The number of hydrogen-bond donors (Lipinski definition) is 2. The lowest BCUT2D eigenvalue weighted by Gasteiger charge is -2.39. The Balaban J connectivity index is 1.40. The minimum Gasteiger partial charge on any atom is -0.370 e. The van der Waals surface area contributed by atoms with Crippen molar-refractivity contribution in [3.63, 3.8) is 0 Å². The highest BCUT2D eigenvalue weighted by Gasteiger charge is 2.40. The van der Waals surface area contributed by atoms with E-state index >= 15 is 0 Å². The highest BCUT2D eigenvalue weighted by atomic mass is 32.2. The van der Waals surface area contributed by atoms with Crippen LogP contribution < -0.4 is 10.6 Å². The van der Waals surface area contributed by atoms with Crippen LogP contribution in [0.4, 0.5) is 11.4 Å². The van der Waals surface area contributed by atoms with Crippen LogP contribution in [0.3, 0.4) is 0 Å². The van der Waals surface area contributed by atoms with E-state index in [0.29, 0.717) is 0 Å². The maximum atomic E-state index is 4.89. The summed E-state index contributed by atoms with van der Waals surface area (Å²) in [5, 5.41) is 12.4. The average Bonchev–Trinajstić information content (AvgIpc) is 3.70. The summed E-state index contributed by atoms with van der Waals surface area (Å²) >= 11 is 7.46. The van der Waals surface area contributed by atoms with Gasteiger partial charge >= 0.3 is 0 Å². The van der Waals surface area contributed by atoms with Crippen molar-refractivity contribution in [2.45, 2.75) is 24.9 Å². The van der Waals surface area contributed by atoms with Gasteiger partial charge in [0.15, 0.2) is 0 Å². The Morgan fingerprint density at radius 3 is 1.39 bits per heavy atom. The molecule has 0 aliphatic carbocycles. The van der Waals surface area contributed by atoms with Crippen molar-refractivity contribution in [1.82, 2.24) is 0 Å². The third-order valence-corrected chi connectivity index (χ3v) is 11.5. The minimum atomic E-state index is -0.335. The largest absolute Gasteiger partial charge is 0.370 e. The molecule has 1 aromatic carbocycles. The van der Waals surface area contributed by atoms with Gasteiger partial charge in [-0.15, -0.1) is 47.0 Å². The van der Waals surface area contributed by atoms with Gasteiger partial charge in [0, 0.05) is 82.8 Å². The minimum absolute atomic E-state index is 0.335. The molecule has 0 fully saturated rings. The molecule has 10 heteroatoms. The smallest absolute Gasteiger partial charge is 0.102 e. The molecular weight excluding hydrogens is 525 g/mol. The molecule has 2 unspecified atom stereocenters. The van der Waals surface area contributed by atoms with E-state index in [2.05, 4.69) is 48.8 Å². The predicted molar refractivity (Wildman–Crippen MR) is 165 cm³/mol. The fraction of sp³-hybridized carbons (Fsp3) is 0.462. The number of rotatable bonds is 4. The Bertz CT molecular complexity index is 1240. The van der Waals surface area contributed by atoms with E-state index < -0.39 is 0 Å². The molecule has 0 saturated carbocycles. The molecule has 6 heterocycles. The van der Waals surface area contributed by atoms with Gasteiger partial charge in [0.1, 0.15) is 11.1 Å². The number of nitrogens with zero attached hydrogens (tertiary/aromatic N) is 4. The Morgan fingerprint density at radius 2 is 1.03 bits per heavy atom. The second-order valence-corrected chi connectivity index (χ2v) is 14.2. The molecule has 186 valence electrons. The zero-order chi connectivity index (χ0) is 24.3. The lowest BCUT2D eigenvalue weighted by Crippen LogP contribution is -2.43. The first-order valence-electron chi connectivity index (χ1n) is 12.4. The number of thioether (sulfide) groups is 4. The topological polar surface area (TPSA) is 73.5 Å². The van der Waals surface area contributed by atoms with Crippen molar-refractivity contribution in [2.75, 3.05) is 59.8 Å². The molecule has 0 aromatic heterocycles. The van der Waals surface area contributed by atoms with E-state index in [9.17, 15) is 0 Å². The normalized spacial score (nSPS) is 30.8. The van der Waals surface area contributed by atoms with E-state index in [-0.39, 0.29) is 11.1 Å². The molecule has 0 spiro atoms. The summed E-state index contributed by atoms with van der Waals surface area (Å²) in [6.45, 7) is 8.06. The van der Waals surface area contributed by atoms with Crippen molar-refractivity contribution >= 4 is 89.7 Å². The molecule has 36 heavy (non-hydrogen) atoms. The SMILES string of the molecule is CC1(C2=NCCS2)C=C(C2=NCCS2)c2cc3c(cc2N1)C(C1=NCCS1)=CC(C)(C1=NCCS1)N3. The number of benzene rings is 1. The lowest BCUT2D eigenvalue weighted by atomic mass is 9.84. The molecule has 0 amide bonds. The number of fused-ring (bicyclic) bond motifs is 2. The first-order valence-corrected chi connectivity index (χ1v) is 16.4. The fourth-order valence-corrected chi connectivity index (χ4v) is 9.20. The quantitative estimate of drug-likeness (QED) is 0.521. The lowest BCUT2D eigenvalue weighted by molar-refractivity contribution is 0.844. The van der Waals surface area contributed by atoms with Gasteiger partial charge < -0.3 is 10.6 Å². The van der Waals surface area contributed by atoms with Gasteiger partial charge in [-0.1, -0.05) is 0 Å². The molecule has 0 radical (unpaired) electrons. The number of nitrogens with one attached hydrogen (secondary N) is 2. The van der Waals surface area contributed by atoms with Gasteiger partial charge in [-0.25, -0.2) is 0 Å².